The number of furan rings is 1. The third-order valence-electron chi connectivity index (χ3n) is 5.14. The highest BCUT2D eigenvalue weighted by molar-refractivity contribution is 6.42. The van der Waals surface area contributed by atoms with Gasteiger partial charge in [-0.25, -0.2) is 5.43 Å². The molecule has 0 aliphatic rings. The lowest BCUT2D eigenvalue weighted by Crippen LogP contribution is -2.32. The third kappa shape index (κ3) is 6.59. The minimum absolute atomic E-state index is 0.00655. The van der Waals surface area contributed by atoms with Gasteiger partial charge in [-0.3, -0.25) is 9.59 Å². The largest absolute Gasteiger partial charge is 0.455 e. The maximum atomic E-state index is 12.7. The molecule has 4 rings (SSSR count). The van der Waals surface area contributed by atoms with Crippen LogP contribution in [0.4, 0.5) is 0 Å². The quantitative estimate of drug-likeness (QED) is 0.218. The van der Waals surface area contributed by atoms with Crippen LogP contribution in [-0.2, 0) is 4.79 Å². The van der Waals surface area contributed by atoms with Gasteiger partial charge in [-0.15, -0.1) is 0 Å². The summed E-state index contributed by atoms with van der Waals surface area (Å²) in [5.74, 6) is 0.411. The van der Waals surface area contributed by atoms with Crippen molar-refractivity contribution in [2.45, 2.75) is 12.5 Å². The van der Waals surface area contributed by atoms with Crippen molar-refractivity contribution >= 4 is 41.2 Å². The minimum atomic E-state index is -0.524. The van der Waals surface area contributed by atoms with E-state index >= 15 is 0 Å². The van der Waals surface area contributed by atoms with Gasteiger partial charge >= 0.3 is 0 Å². The van der Waals surface area contributed by atoms with Crippen molar-refractivity contribution in [2.24, 2.45) is 5.10 Å². The van der Waals surface area contributed by atoms with E-state index in [1.54, 1.807) is 54.6 Å². The Hall–Kier alpha value is -3.87. The van der Waals surface area contributed by atoms with Gasteiger partial charge in [-0.05, 0) is 48.0 Å². The third-order valence-corrected chi connectivity index (χ3v) is 5.88. The van der Waals surface area contributed by atoms with Crippen molar-refractivity contribution in [3.63, 3.8) is 0 Å². The van der Waals surface area contributed by atoms with Crippen LogP contribution in [-0.4, -0.2) is 18.0 Å². The molecule has 6 nitrogen and oxygen atoms in total. The maximum Gasteiger partial charge on any atom is 0.251 e. The highest BCUT2D eigenvalue weighted by Gasteiger charge is 2.19. The summed E-state index contributed by atoms with van der Waals surface area (Å²) in [5, 5.41) is 7.80. The highest BCUT2D eigenvalue weighted by Crippen LogP contribution is 2.29. The van der Waals surface area contributed by atoms with Crippen LogP contribution >= 0.6 is 23.2 Å². The van der Waals surface area contributed by atoms with Gasteiger partial charge in [0.25, 0.3) is 5.91 Å². The Balaban J connectivity index is 1.39. The Bertz CT molecular complexity index is 1340. The molecule has 8 heteroatoms. The summed E-state index contributed by atoms with van der Waals surface area (Å²) in [6.07, 6.45) is 1.41. The van der Waals surface area contributed by atoms with Crippen molar-refractivity contribution in [1.82, 2.24) is 10.7 Å². The average molecular weight is 506 g/mol. The molecule has 0 bridgehead atoms. The molecule has 0 fully saturated rings. The summed E-state index contributed by atoms with van der Waals surface area (Å²) in [5.41, 5.74) is 4.59. The Morgan fingerprint density at radius 1 is 0.886 bits per heavy atom. The number of nitrogens with zero attached hydrogens (tertiary/aromatic N) is 1. The number of hydrogen-bond donors (Lipinski definition) is 2. The van der Waals surface area contributed by atoms with Gasteiger partial charge in [0.15, 0.2) is 0 Å². The van der Waals surface area contributed by atoms with E-state index in [1.165, 1.54) is 6.21 Å². The normalized spacial score (nSPS) is 11.8. The second kappa shape index (κ2) is 11.5. The lowest BCUT2D eigenvalue weighted by molar-refractivity contribution is -0.121. The highest BCUT2D eigenvalue weighted by atomic mass is 35.5. The Morgan fingerprint density at radius 3 is 2.31 bits per heavy atom. The molecule has 35 heavy (non-hydrogen) atoms. The standard InChI is InChI=1S/C27H21Cl2N3O3/c28-22-13-11-20(15-23(22)29)25-14-12-21(35-25)17-30-32-26(33)16-24(18-7-3-1-4-8-18)31-27(34)19-9-5-2-6-10-19/h1-15,17,24H,16H2,(H,31,34)(H,32,33)/b30-17-/t24-/m1/s1. The molecule has 0 saturated carbocycles. The number of hydrogen-bond acceptors (Lipinski definition) is 4. The van der Waals surface area contributed by atoms with Gasteiger partial charge in [0.05, 0.1) is 28.7 Å². The number of halogens is 2. The first kappa shape index (κ1) is 24.3. The molecule has 2 N–H and O–H groups in total. The van der Waals surface area contributed by atoms with E-state index in [1.807, 2.05) is 36.4 Å². The van der Waals surface area contributed by atoms with Gasteiger partial charge in [-0.2, -0.15) is 5.10 Å². The van der Waals surface area contributed by atoms with Crippen LogP contribution in [0.2, 0.25) is 10.0 Å². The topological polar surface area (TPSA) is 83.7 Å². The lowest BCUT2D eigenvalue weighted by atomic mass is 10.0. The first-order chi connectivity index (χ1) is 17.0. The van der Waals surface area contributed by atoms with E-state index in [-0.39, 0.29) is 18.2 Å². The number of carbonyl (C=O) groups is 2. The first-order valence-electron chi connectivity index (χ1n) is 10.8. The number of amides is 2. The van der Waals surface area contributed by atoms with E-state index in [9.17, 15) is 9.59 Å². The van der Waals surface area contributed by atoms with Gasteiger partial charge in [0.2, 0.25) is 5.91 Å². The smallest absolute Gasteiger partial charge is 0.251 e. The summed E-state index contributed by atoms with van der Waals surface area (Å²) >= 11 is 12.0. The van der Waals surface area contributed by atoms with Crippen LogP contribution in [0, 0.1) is 0 Å². The van der Waals surface area contributed by atoms with E-state index in [4.69, 9.17) is 27.6 Å². The number of hydrazone groups is 1. The maximum absolute atomic E-state index is 12.7. The summed E-state index contributed by atoms with van der Waals surface area (Å²) in [6.45, 7) is 0. The zero-order chi connectivity index (χ0) is 24.6. The van der Waals surface area contributed by atoms with E-state index in [0.29, 0.717) is 27.1 Å². The fourth-order valence-corrected chi connectivity index (χ4v) is 3.69. The molecular weight excluding hydrogens is 485 g/mol. The number of benzene rings is 3. The molecule has 1 atom stereocenters. The van der Waals surface area contributed by atoms with E-state index in [0.717, 1.165) is 11.1 Å². The molecule has 1 heterocycles. The molecule has 2 amide bonds. The zero-order valence-corrected chi connectivity index (χ0v) is 20.0. The van der Waals surface area contributed by atoms with Crippen LogP contribution in [0.15, 0.2) is 101 Å². The zero-order valence-electron chi connectivity index (χ0n) is 18.4. The second-order valence-corrected chi connectivity index (χ2v) is 8.45. The van der Waals surface area contributed by atoms with Gasteiger partial charge in [0, 0.05) is 11.1 Å². The van der Waals surface area contributed by atoms with E-state index in [2.05, 4.69) is 15.8 Å². The Morgan fingerprint density at radius 2 is 1.60 bits per heavy atom. The number of nitrogens with one attached hydrogen (secondary N) is 2. The molecule has 0 radical (unpaired) electrons. The molecule has 1 aromatic heterocycles. The number of rotatable bonds is 8. The summed E-state index contributed by atoms with van der Waals surface area (Å²) in [4.78, 5) is 25.3. The first-order valence-corrected chi connectivity index (χ1v) is 11.5. The molecule has 0 aliphatic carbocycles. The monoisotopic (exact) mass is 505 g/mol. The Kier molecular flexibility index (Phi) is 7.98. The van der Waals surface area contributed by atoms with Gasteiger partial charge in [-0.1, -0.05) is 71.7 Å². The number of carbonyl (C=O) groups excluding carboxylic acids is 2. The van der Waals surface area contributed by atoms with Crippen LogP contribution in [0.25, 0.3) is 11.3 Å². The minimum Gasteiger partial charge on any atom is -0.455 e. The van der Waals surface area contributed by atoms with Crippen molar-refractivity contribution in [3.8, 4) is 11.3 Å². The molecule has 0 aliphatic heterocycles. The predicted octanol–water partition coefficient (Wildman–Crippen LogP) is 6.26. The van der Waals surface area contributed by atoms with Crippen molar-refractivity contribution in [3.05, 3.63) is 118 Å². The average Bonchev–Trinajstić information content (AvgIpc) is 3.35. The van der Waals surface area contributed by atoms with E-state index < -0.39 is 6.04 Å². The molecule has 0 saturated heterocycles. The van der Waals surface area contributed by atoms with Crippen molar-refractivity contribution in [1.29, 1.82) is 0 Å². The molecular formula is C27H21Cl2N3O3. The summed E-state index contributed by atoms with van der Waals surface area (Å²) < 4.78 is 5.74. The predicted molar refractivity (Wildman–Crippen MR) is 138 cm³/mol. The summed E-state index contributed by atoms with van der Waals surface area (Å²) in [7, 11) is 0. The summed E-state index contributed by atoms with van der Waals surface area (Å²) in [6, 6.07) is 26.3. The van der Waals surface area contributed by atoms with Gasteiger partial charge in [0.1, 0.15) is 11.5 Å². The molecule has 3 aromatic carbocycles. The fourth-order valence-electron chi connectivity index (χ4n) is 3.39. The van der Waals surface area contributed by atoms with Crippen LogP contribution in [0.1, 0.15) is 34.1 Å². The molecule has 0 unspecified atom stereocenters. The second-order valence-electron chi connectivity index (χ2n) is 7.63. The van der Waals surface area contributed by atoms with Crippen molar-refractivity contribution in [2.75, 3.05) is 0 Å². The molecule has 176 valence electrons. The van der Waals surface area contributed by atoms with Crippen LogP contribution < -0.4 is 10.7 Å². The molecule has 0 spiro atoms. The SMILES string of the molecule is O=C(C[C@@H](NC(=O)c1ccccc1)c1ccccc1)N/N=C\c1ccc(-c2ccc(Cl)c(Cl)c2)o1. The molecule has 4 aromatic rings. The lowest BCUT2D eigenvalue weighted by Gasteiger charge is -2.18. The van der Waals surface area contributed by atoms with Crippen molar-refractivity contribution < 1.29 is 14.0 Å². The Labute approximate surface area is 212 Å². The fraction of sp³-hybridized carbons (Fsp3) is 0.0741. The van der Waals surface area contributed by atoms with Crippen LogP contribution in [0.3, 0.4) is 0 Å². The van der Waals surface area contributed by atoms with Gasteiger partial charge < -0.3 is 9.73 Å². The van der Waals surface area contributed by atoms with Crippen LogP contribution in [0.5, 0.6) is 0 Å².